The predicted molar refractivity (Wildman–Crippen MR) is 52.8 cm³/mol. The van der Waals surface area contributed by atoms with Gasteiger partial charge < -0.3 is 5.11 Å². The number of anilines is 1. The number of carboxylic acid groups (broad SMARTS) is 1. The van der Waals surface area contributed by atoms with E-state index in [0.29, 0.717) is 0 Å². The molecule has 0 bridgehead atoms. The number of aromatic nitrogens is 1. The molecule has 0 saturated carbocycles. The van der Waals surface area contributed by atoms with E-state index in [0.717, 1.165) is 6.07 Å². The smallest absolute Gasteiger partial charge is 0.335 e. The second-order valence-electron chi connectivity index (χ2n) is 2.54. The van der Waals surface area contributed by atoms with Crippen LogP contribution >= 0.6 is 0 Å². The highest BCUT2D eigenvalue weighted by atomic mass is 32.2. The van der Waals surface area contributed by atoms with E-state index in [1.54, 1.807) is 0 Å². The van der Waals surface area contributed by atoms with Gasteiger partial charge >= 0.3 is 5.97 Å². The molecule has 1 aromatic heterocycles. The quantitative estimate of drug-likeness (QED) is 0.656. The molecule has 1 heterocycles. The number of hydrogen-bond donors (Lipinski definition) is 3. The van der Waals surface area contributed by atoms with Gasteiger partial charge in [0.2, 0.25) is 0 Å². The van der Waals surface area contributed by atoms with Crippen LogP contribution in [0.25, 0.3) is 0 Å². The first kappa shape index (κ1) is 11.4. The highest BCUT2D eigenvalue weighted by Crippen LogP contribution is 2.07. The van der Waals surface area contributed by atoms with Crippen LogP contribution in [0.4, 0.5) is 5.82 Å². The van der Waals surface area contributed by atoms with Crippen LogP contribution in [0, 0.1) is 0 Å². The molecule has 1 rings (SSSR count). The van der Waals surface area contributed by atoms with E-state index < -0.39 is 16.2 Å². The molecule has 0 saturated heterocycles. The molecule has 0 aliphatic rings. The predicted octanol–water partition coefficient (Wildman–Crippen LogP) is -0.344. The first-order valence-corrected chi connectivity index (χ1v) is 5.33. The number of aromatic carboxylic acids is 1. The molecule has 0 radical (unpaired) electrons. The van der Waals surface area contributed by atoms with Crippen molar-refractivity contribution in [3.05, 3.63) is 23.9 Å². The molecule has 15 heavy (non-hydrogen) atoms. The molecular formula is C7H9N3O4S. The van der Waals surface area contributed by atoms with Crippen molar-refractivity contribution in [2.24, 2.45) is 0 Å². The standard InChI is InChI=1S/C7H9N3O4S/c1-8-15(13,14)10-6-4-5(7(11)12)2-3-9-6/h2-4,8H,1H3,(H,9,10)(H,11,12). The maximum atomic E-state index is 11.0. The number of nitrogens with one attached hydrogen (secondary N) is 2. The first-order chi connectivity index (χ1) is 6.94. The van der Waals surface area contributed by atoms with Crippen molar-refractivity contribution < 1.29 is 18.3 Å². The molecule has 8 heteroatoms. The van der Waals surface area contributed by atoms with E-state index in [9.17, 15) is 13.2 Å². The molecule has 0 aliphatic carbocycles. The zero-order valence-corrected chi connectivity index (χ0v) is 8.58. The summed E-state index contributed by atoms with van der Waals surface area (Å²) in [7, 11) is -2.44. The van der Waals surface area contributed by atoms with E-state index in [4.69, 9.17) is 5.11 Å². The molecule has 7 nitrogen and oxygen atoms in total. The molecule has 0 aliphatic heterocycles. The molecule has 3 N–H and O–H groups in total. The van der Waals surface area contributed by atoms with Gasteiger partial charge in [0.1, 0.15) is 5.82 Å². The number of hydrogen-bond acceptors (Lipinski definition) is 4. The van der Waals surface area contributed by atoms with Gasteiger partial charge in [-0.15, -0.1) is 0 Å². The summed E-state index contributed by atoms with van der Waals surface area (Å²) in [6.07, 6.45) is 1.21. The molecule has 82 valence electrons. The zero-order chi connectivity index (χ0) is 11.5. The zero-order valence-electron chi connectivity index (χ0n) is 7.76. The van der Waals surface area contributed by atoms with Crippen LogP contribution in [0.5, 0.6) is 0 Å². The minimum absolute atomic E-state index is 0.0428. The van der Waals surface area contributed by atoms with Crippen molar-refractivity contribution in [2.75, 3.05) is 11.8 Å². The van der Waals surface area contributed by atoms with Crippen LogP contribution in [0.1, 0.15) is 10.4 Å². The Morgan fingerprint density at radius 3 is 2.73 bits per heavy atom. The summed E-state index contributed by atoms with van der Waals surface area (Å²) in [4.78, 5) is 14.2. The summed E-state index contributed by atoms with van der Waals surface area (Å²) in [6, 6.07) is 2.39. The van der Waals surface area contributed by atoms with Gasteiger partial charge in [-0.2, -0.15) is 8.42 Å². The summed E-state index contributed by atoms with van der Waals surface area (Å²) in [5.41, 5.74) is -0.0428. The Morgan fingerprint density at radius 1 is 1.53 bits per heavy atom. The maximum Gasteiger partial charge on any atom is 0.335 e. The molecule has 0 amide bonds. The van der Waals surface area contributed by atoms with Crippen LogP contribution in [0.3, 0.4) is 0 Å². The third kappa shape index (κ3) is 3.18. The van der Waals surface area contributed by atoms with Crippen molar-refractivity contribution >= 4 is 22.0 Å². The topological polar surface area (TPSA) is 108 Å². The average Bonchev–Trinajstić information content (AvgIpc) is 2.17. The fraction of sp³-hybridized carbons (Fsp3) is 0.143. The number of carboxylic acids is 1. The van der Waals surface area contributed by atoms with Crippen LogP contribution in [-0.2, 0) is 10.2 Å². The first-order valence-electron chi connectivity index (χ1n) is 3.85. The van der Waals surface area contributed by atoms with Crippen molar-refractivity contribution in [1.29, 1.82) is 0 Å². The summed E-state index contributed by atoms with van der Waals surface area (Å²) in [5, 5.41) is 8.64. The number of rotatable bonds is 4. The van der Waals surface area contributed by atoms with E-state index in [1.165, 1.54) is 19.3 Å². The van der Waals surface area contributed by atoms with Crippen molar-refractivity contribution in [3.8, 4) is 0 Å². The fourth-order valence-corrected chi connectivity index (χ4v) is 1.30. The van der Waals surface area contributed by atoms with Crippen molar-refractivity contribution in [1.82, 2.24) is 9.71 Å². The number of carbonyl (C=O) groups is 1. The van der Waals surface area contributed by atoms with E-state index in [-0.39, 0.29) is 11.4 Å². The van der Waals surface area contributed by atoms with Gasteiger partial charge in [-0.3, -0.25) is 4.72 Å². The molecule has 0 fully saturated rings. The summed E-state index contributed by atoms with van der Waals surface area (Å²) in [6.45, 7) is 0. The highest BCUT2D eigenvalue weighted by Gasteiger charge is 2.09. The van der Waals surface area contributed by atoms with Crippen LogP contribution in [0.2, 0.25) is 0 Å². The Hall–Kier alpha value is -1.67. The van der Waals surface area contributed by atoms with Crippen molar-refractivity contribution in [2.45, 2.75) is 0 Å². The molecule has 0 aromatic carbocycles. The lowest BCUT2D eigenvalue weighted by Gasteiger charge is -2.05. The normalized spacial score (nSPS) is 11.0. The lowest BCUT2D eigenvalue weighted by molar-refractivity contribution is 0.0697. The molecule has 1 aromatic rings. The minimum atomic E-state index is -3.67. The van der Waals surface area contributed by atoms with Gasteiger partial charge in [0.25, 0.3) is 10.2 Å². The Morgan fingerprint density at radius 2 is 2.20 bits per heavy atom. The molecule has 0 atom stereocenters. The van der Waals surface area contributed by atoms with Gasteiger partial charge in [0.15, 0.2) is 0 Å². The SMILES string of the molecule is CNS(=O)(=O)Nc1cc(C(=O)O)ccn1. The van der Waals surface area contributed by atoms with Crippen LogP contribution in [-0.4, -0.2) is 31.5 Å². The van der Waals surface area contributed by atoms with E-state index >= 15 is 0 Å². The fourth-order valence-electron chi connectivity index (χ4n) is 0.808. The van der Waals surface area contributed by atoms with Crippen molar-refractivity contribution in [3.63, 3.8) is 0 Å². The van der Waals surface area contributed by atoms with Gasteiger partial charge in [-0.1, -0.05) is 0 Å². The van der Waals surface area contributed by atoms with Crippen LogP contribution < -0.4 is 9.44 Å². The Balaban J connectivity index is 2.97. The Bertz CT molecular complexity index is 471. The third-order valence-electron chi connectivity index (χ3n) is 1.51. The van der Waals surface area contributed by atoms with Gasteiger partial charge in [-0.25, -0.2) is 14.5 Å². The van der Waals surface area contributed by atoms with Gasteiger partial charge in [0, 0.05) is 13.2 Å². The largest absolute Gasteiger partial charge is 0.478 e. The molecular weight excluding hydrogens is 222 g/mol. The lowest BCUT2D eigenvalue weighted by atomic mass is 10.3. The maximum absolute atomic E-state index is 11.0. The second-order valence-corrected chi connectivity index (χ2v) is 4.16. The number of pyridine rings is 1. The Kier molecular flexibility index (Phi) is 3.22. The highest BCUT2D eigenvalue weighted by molar-refractivity contribution is 7.90. The molecule has 0 spiro atoms. The van der Waals surface area contributed by atoms with Crippen LogP contribution in [0.15, 0.2) is 18.3 Å². The Labute approximate surface area is 86.3 Å². The third-order valence-corrected chi connectivity index (χ3v) is 2.53. The summed E-state index contributed by atoms with van der Waals surface area (Å²) in [5.74, 6) is -1.20. The summed E-state index contributed by atoms with van der Waals surface area (Å²) >= 11 is 0. The lowest BCUT2D eigenvalue weighted by Crippen LogP contribution is -2.26. The molecule has 0 unspecified atom stereocenters. The summed E-state index contributed by atoms with van der Waals surface area (Å²) < 4.78 is 26.1. The number of nitrogens with zero attached hydrogens (tertiary/aromatic N) is 1. The van der Waals surface area contributed by atoms with E-state index in [2.05, 4.69) is 4.98 Å². The second kappa shape index (κ2) is 4.24. The average molecular weight is 231 g/mol. The monoisotopic (exact) mass is 231 g/mol. The van der Waals surface area contributed by atoms with E-state index in [1.807, 2.05) is 9.44 Å². The minimum Gasteiger partial charge on any atom is -0.478 e. The van der Waals surface area contributed by atoms with Gasteiger partial charge in [-0.05, 0) is 12.1 Å². The van der Waals surface area contributed by atoms with Gasteiger partial charge in [0.05, 0.1) is 5.56 Å².